The number of hydrogen-bond acceptors (Lipinski definition) is 5. The van der Waals surface area contributed by atoms with Crippen LogP contribution >= 0.6 is 0 Å². The average Bonchev–Trinajstić information content (AvgIpc) is 2.37. The van der Waals surface area contributed by atoms with Gasteiger partial charge in [-0.15, -0.1) is 0 Å². The van der Waals surface area contributed by atoms with Crippen LogP contribution in [-0.2, 0) is 0 Å². The van der Waals surface area contributed by atoms with E-state index in [4.69, 9.17) is 0 Å². The van der Waals surface area contributed by atoms with E-state index in [1.807, 2.05) is 39.2 Å². The first-order valence-corrected chi connectivity index (χ1v) is 7.11. The summed E-state index contributed by atoms with van der Waals surface area (Å²) in [5.41, 5.74) is 3.19. The topological polar surface area (TPSA) is 53.1 Å². The molecule has 0 unspecified atom stereocenters. The van der Waals surface area contributed by atoms with Crippen LogP contribution in [0.15, 0.2) is 30.3 Å². The third-order valence-electron chi connectivity index (χ3n) is 2.99. The smallest absolute Gasteiger partial charge is 0.224 e. The number of hydrogen-bond donors (Lipinski definition) is 2. The van der Waals surface area contributed by atoms with Crippen LogP contribution in [0.5, 0.6) is 0 Å². The van der Waals surface area contributed by atoms with Crippen LogP contribution < -0.4 is 10.6 Å². The van der Waals surface area contributed by atoms with E-state index in [1.165, 1.54) is 5.56 Å². The summed E-state index contributed by atoms with van der Waals surface area (Å²) in [6.07, 6.45) is 0. The van der Waals surface area contributed by atoms with E-state index in [9.17, 15) is 0 Å². The maximum Gasteiger partial charge on any atom is 0.224 e. The number of aromatic nitrogens is 2. The number of aryl methyl sites for hydroxylation is 2. The highest BCUT2D eigenvalue weighted by Crippen LogP contribution is 2.17. The molecule has 0 aliphatic carbocycles. The summed E-state index contributed by atoms with van der Waals surface area (Å²) in [5, 5.41) is 6.57. The fraction of sp³-hybridized carbons (Fsp3) is 0.375. The van der Waals surface area contributed by atoms with Crippen molar-refractivity contribution >= 4 is 17.5 Å². The minimum absolute atomic E-state index is 0.659. The maximum atomic E-state index is 4.50. The fourth-order valence-electron chi connectivity index (χ4n) is 1.97. The van der Waals surface area contributed by atoms with Crippen LogP contribution in [0.2, 0.25) is 0 Å². The number of nitrogens with zero attached hydrogens (tertiary/aromatic N) is 3. The SMILES string of the molecule is Cc1cccc(Nc2cc(C)nc(NCCN(C)C)n2)c1. The molecule has 0 amide bonds. The van der Waals surface area contributed by atoms with Crippen molar-refractivity contribution in [1.82, 2.24) is 14.9 Å². The summed E-state index contributed by atoms with van der Waals surface area (Å²) in [6.45, 7) is 5.81. The zero-order chi connectivity index (χ0) is 15.2. The molecule has 1 aromatic carbocycles. The summed E-state index contributed by atoms with van der Waals surface area (Å²) in [5.74, 6) is 1.47. The molecule has 0 spiro atoms. The number of likely N-dealkylation sites (N-methyl/N-ethyl adjacent to an activating group) is 1. The van der Waals surface area contributed by atoms with Gasteiger partial charge in [0.1, 0.15) is 5.82 Å². The number of benzene rings is 1. The highest BCUT2D eigenvalue weighted by molar-refractivity contribution is 5.58. The molecule has 0 aliphatic rings. The van der Waals surface area contributed by atoms with Crippen LogP contribution in [0.1, 0.15) is 11.3 Å². The molecule has 0 saturated carbocycles. The van der Waals surface area contributed by atoms with Gasteiger partial charge in [0, 0.05) is 30.5 Å². The molecule has 0 fully saturated rings. The summed E-state index contributed by atoms with van der Waals surface area (Å²) in [4.78, 5) is 11.0. The molecule has 1 heterocycles. The van der Waals surface area contributed by atoms with E-state index >= 15 is 0 Å². The molecule has 1 aromatic heterocycles. The van der Waals surface area contributed by atoms with Crippen LogP contribution in [-0.4, -0.2) is 42.1 Å². The van der Waals surface area contributed by atoms with Gasteiger partial charge in [-0.05, 0) is 45.6 Å². The number of nitrogens with one attached hydrogen (secondary N) is 2. The standard InChI is InChI=1S/C16H23N5/c1-12-6-5-7-14(10-12)19-15-11-13(2)18-16(20-15)17-8-9-21(3)4/h5-7,10-11H,8-9H2,1-4H3,(H2,17,18,19,20). The summed E-state index contributed by atoms with van der Waals surface area (Å²) in [7, 11) is 4.09. The molecular weight excluding hydrogens is 262 g/mol. The molecule has 0 aliphatic heterocycles. The number of anilines is 3. The predicted octanol–water partition coefficient (Wildman–Crippen LogP) is 2.81. The van der Waals surface area contributed by atoms with Crippen molar-refractivity contribution in [3.63, 3.8) is 0 Å². The lowest BCUT2D eigenvalue weighted by atomic mass is 10.2. The average molecular weight is 285 g/mol. The Bertz CT molecular complexity index is 595. The third-order valence-corrected chi connectivity index (χ3v) is 2.99. The van der Waals surface area contributed by atoms with Gasteiger partial charge in [0.2, 0.25) is 5.95 Å². The minimum atomic E-state index is 0.659. The van der Waals surface area contributed by atoms with Crippen LogP contribution in [0.4, 0.5) is 17.5 Å². The van der Waals surface area contributed by atoms with Crippen LogP contribution in [0, 0.1) is 13.8 Å². The first kappa shape index (κ1) is 15.3. The van der Waals surface area contributed by atoms with Crippen molar-refractivity contribution in [2.24, 2.45) is 0 Å². The van der Waals surface area contributed by atoms with Crippen molar-refractivity contribution in [2.45, 2.75) is 13.8 Å². The Morgan fingerprint density at radius 2 is 1.90 bits per heavy atom. The van der Waals surface area contributed by atoms with E-state index in [0.29, 0.717) is 5.95 Å². The maximum absolute atomic E-state index is 4.50. The van der Waals surface area contributed by atoms with Crippen molar-refractivity contribution in [1.29, 1.82) is 0 Å². The lowest BCUT2D eigenvalue weighted by Gasteiger charge is -2.12. The molecule has 0 atom stereocenters. The van der Waals surface area contributed by atoms with E-state index in [2.05, 4.69) is 44.6 Å². The molecule has 0 bridgehead atoms. The molecular formula is C16H23N5. The summed E-state index contributed by atoms with van der Waals surface area (Å²) >= 11 is 0. The largest absolute Gasteiger partial charge is 0.353 e. The van der Waals surface area contributed by atoms with Gasteiger partial charge in [0.15, 0.2) is 0 Å². The normalized spacial score (nSPS) is 10.7. The second kappa shape index (κ2) is 7.04. The lowest BCUT2D eigenvalue weighted by Crippen LogP contribution is -2.21. The van der Waals surface area contributed by atoms with Gasteiger partial charge in [-0.25, -0.2) is 4.98 Å². The van der Waals surface area contributed by atoms with Gasteiger partial charge >= 0.3 is 0 Å². The van der Waals surface area contributed by atoms with Gasteiger partial charge in [-0.2, -0.15) is 4.98 Å². The number of rotatable bonds is 6. The summed E-state index contributed by atoms with van der Waals surface area (Å²) in [6, 6.07) is 10.2. The molecule has 112 valence electrons. The van der Waals surface area contributed by atoms with Gasteiger partial charge in [-0.1, -0.05) is 12.1 Å². The first-order valence-electron chi connectivity index (χ1n) is 7.11. The molecule has 2 N–H and O–H groups in total. The quantitative estimate of drug-likeness (QED) is 0.855. The molecule has 2 aromatic rings. The van der Waals surface area contributed by atoms with E-state index in [1.54, 1.807) is 0 Å². The lowest BCUT2D eigenvalue weighted by molar-refractivity contribution is 0.425. The van der Waals surface area contributed by atoms with Gasteiger partial charge in [-0.3, -0.25) is 0 Å². The molecule has 5 heteroatoms. The zero-order valence-corrected chi connectivity index (χ0v) is 13.1. The third kappa shape index (κ3) is 5.04. The summed E-state index contributed by atoms with van der Waals surface area (Å²) < 4.78 is 0. The Kier molecular flexibility index (Phi) is 5.11. The fourth-order valence-corrected chi connectivity index (χ4v) is 1.97. The van der Waals surface area contributed by atoms with E-state index in [-0.39, 0.29) is 0 Å². The Morgan fingerprint density at radius 3 is 2.62 bits per heavy atom. The van der Waals surface area contributed by atoms with E-state index in [0.717, 1.165) is 30.3 Å². The van der Waals surface area contributed by atoms with Gasteiger partial charge in [0.25, 0.3) is 0 Å². The van der Waals surface area contributed by atoms with Crippen molar-refractivity contribution < 1.29 is 0 Å². The second-order valence-corrected chi connectivity index (χ2v) is 5.44. The highest BCUT2D eigenvalue weighted by Gasteiger charge is 2.03. The van der Waals surface area contributed by atoms with Crippen molar-refractivity contribution in [2.75, 3.05) is 37.8 Å². The van der Waals surface area contributed by atoms with Gasteiger partial charge < -0.3 is 15.5 Å². The Balaban J connectivity index is 2.07. The molecule has 0 radical (unpaired) electrons. The van der Waals surface area contributed by atoms with Crippen LogP contribution in [0.25, 0.3) is 0 Å². The Labute approximate surface area is 126 Å². The monoisotopic (exact) mass is 285 g/mol. The molecule has 0 saturated heterocycles. The molecule has 2 rings (SSSR count). The Hall–Kier alpha value is -2.14. The van der Waals surface area contributed by atoms with E-state index < -0.39 is 0 Å². The Morgan fingerprint density at radius 1 is 1.10 bits per heavy atom. The van der Waals surface area contributed by atoms with Crippen LogP contribution in [0.3, 0.4) is 0 Å². The second-order valence-electron chi connectivity index (χ2n) is 5.44. The minimum Gasteiger partial charge on any atom is -0.353 e. The zero-order valence-electron chi connectivity index (χ0n) is 13.1. The first-order chi connectivity index (χ1) is 10.0. The predicted molar refractivity (Wildman–Crippen MR) is 88.3 cm³/mol. The molecule has 5 nitrogen and oxygen atoms in total. The van der Waals surface area contributed by atoms with Crippen molar-refractivity contribution in [3.8, 4) is 0 Å². The van der Waals surface area contributed by atoms with Crippen molar-refractivity contribution in [3.05, 3.63) is 41.6 Å². The van der Waals surface area contributed by atoms with Gasteiger partial charge in [0.05, 0.1) is 0 Å². The highest BCUT2D eigenvalue weighted by atomic mass is 15.2. The molecule has 21 heavy (non-hydrogen) atoms.